The molecule has 0 fully saturated rings. The predicted molar refractivity (Wildman–Crippen MR) is 326 cm³/mol. The Morgan fingerprint density at radius 1 is 0.303 bits per heavy atom. The first-order valence-corrected chi connectivity index (χ1v) is 29.1. The summed E-state index contributed by atoms with van der Waals surface area (Å²) in [4.78, 5) is 18.8. The third-order valence-electron chi connectivity index (χ3n) is 15.1. The standard InChI is InChI=1S/C72H78N4/c1-5-9-13-17-21-53-25-29-57(30-26-53)37-43-61-63-45-49-67(73-63)71(59-39-33-55(34-40-59)23-19-15-11-7-3)69-51-47-65(75-69)62(44-38-58-31-27-54(28-32-58)22-18-14-10-6-2)66-48-52-70(76-66)72(68-50-46-64(61)74-68)60-41-35-56(36-42-60)24-20-16-12-8-4/h25-36,39-42,45-52,73-74H,5-24H2,1-4H3. The molecule has 0 amide bonds. The van der Waals surface area contributed by atoms with Crippen LogP contribution in [0.4, 0.5) is 0 Å². The molecule has 4 nitrogen and oxygen atoms in total. The van der Waals surface area contributed by atoms with E-state index >= 15 is 0 Å². The molecule has 0 saturated carbocycles. The summed E-state index contributed by atoms with van der Waals surface area (Å²) < 4.78 is 0. The lowest BCUT2D eigenvalue weighted by atomic mass is 10.00. The number of unbranched alkanes of at least 4 members (excludes halogenated alkanes) is 12. The summed E-state index contributed by atoms with van der Waals surface area (Å²) in [5, 5.41) is 0. The number of fused-ring (bicyclic) bond motifs is 8. The minimum atomic E-state index is 0.796. The van der Waals surface area contributed by atoms with E-state index in [1.165, 1.54) is 125 Å². The second-order valence-electron chi connectivity index (χ2n) is 21.0. The lowest BCUT2D eigenvalue weighted by Gasteiger charge is -2.07. The summed E-state index contributed by atoms with van der Waals surface area (Å²) >= 11 is 0. The molecule has 0 spiro atoms. The molecular weight excluding hydrogens is 921 g/mol. The van der Waals surface area contributed by atoms with Gasteiger partial charge in [0, 0.05) is 33.3 Å². The van der Waals surface area contributed by atoms with Gasteiger partial charge in [-0.15, -0.1) is 0 Å². The zero-order valence-electron chi connectivity index (χ0n) is 45.9. The Morgan fingerprint density at radius 2 is 0.618 bits per heavy atom. The van der Waals surface area contributed by atoms with Gasteiger partial charge in [-0.2, -0.15) is 0 Å². The highest BCUT2D eigenvalue weighted by Gasteiger charge is 2.18. The number of hydrogen-bond acceptors (Lipinski definition) is 2. The zero-order valence-corrected chi connectivity index (χ0v) is 45.9. The highest BCUT2D eigenvalue weighted by Crippen LogP contribution is 2.35. The number of nitrogens with one attached hydrogen (secondary N) is 2. The van der Waals surface area contributed by atoms with Crippen LogP contribution in [-0.4, -0.2) is 19.9 Å². The van der Waals surface area contributed by atoms with Gasteiger partial charge in [0.1, 0.15) is 0 Å². The molecule has 0 radical (unpaired) electrons. The first-order chi connectivity index (χ1) is 37.5. The van der Waals surface area contributed by atoms with Crippen LogP contribution >= 0.6 is 0 Å². The van der Waals surface area contributed by atoms with Crippen LogP contribution in [0.5, 0.6) is 0 Å². The van der Waals surface area contributed by atoms with E-state index in [1.54, 1.807) is 0 Å². The fourth-order valence-corrected chi connectivity index (χ4v) is 10.6. The Balaban J connectivity index is 1.24. The van der Waals surface area contributed by atoms with Gasteiger partial charge in [0.25, 0.3) is 0 Å². The number of aromatic nitrogens is 4. The maximum atomic E-state index is 5.49. The lowest BCUT2D eigenvalue weighted by Crippen LogP contribution is -1.92. The van der Waals surface area contributed by atoms with Gasteiger partial charge in [0.2, 0.25) is 0 Å². The maximum absolute atomic E-state index is 5.49. The highest BCUT2D eigenvalue weighted by atomic mass is 14.8. The van der Waals surface area contributed by atoms with Gasteiger partial charge >= 0.3 is 0 Å². The SMILES string of the molecule is CCCCCCc1ccc(C#Cc2c3nc(c(-c4ccc(CCCCCC)cc4)c4ccc([nH]4)c(C#Cc4ccc(CCCCCC)cc4)c4ccc([nH]4)c(-c4ccc(CCCCCC)cc4)c4nc2C=C4)C=C3)cc1. The van der Waals surface area contributed by atoms with Crippen molar-refractivity contribution in [2.45, 2.75) is 156 Å². The molecule has 76 heavy (non-hydrogen) atoms. The molecule has 8 bridgehead atoms. The van der Waals surface area contributed by atoms with Gasteiger partial charge in [0.15, 0.2) is 0 Å². The van der Waals surface area contributed by atoms with Crippen molar-refractivity contribution in [3.05, 3.63) is 189 Å². The van der Waals surface area contributed by atoms with Gasteiger partial charge in [-0.1, -0.05) is 201 Å². The van der Waals surface area contributed by atoms with Crippen LogP contribution in [0.1, 0.15) is 198 Å². The van der Waals surface area contributed by atoms with E-state index in [4.69, 9.17) is 9.97 Å². The predicted octanol–water partition coefficient (Wildman–Crippen LogP) is 19.3. The molecule has 0 unspecified atom stereocenters. The Kier molecular flexibility index (Phi) is 19.3. The number of nitrogens with zero attached hydrogens (tertiary/aromatic N) is 2. The van der Waals surface area contributed by atoms with E-state index < -0.39 is 0 Å². The molecule has 0 atom stereocenters. The van der Waals surface area contributed by atoms with Crippen LogP contribution in [0.2, 0.25) is 0 Å². The van der Waals surface area contributed by atoms with Crippen molar-refractivity contribution in [2.24, 2.45) is 0 Å². The molecule has 2 aliphatic heterocycles. The number of aromatic amines is 2. The molecule has 5 heterocycles. The minimum absolute atomic E-state index is 0.796. The zero-order chi connectivity index (χ0) is 52.3. The van der Waals surface area contributed by atoms with Crippen molar-refractivity contribution in [3.8, 4) is 45.9 Å². The summed E-state index contributed by atoms with van der Waals surface area (Å²) in [6.07, 6.45) is 32.9. The highest BCUT2D eigenvalue weighted by molar-refractivity contribution is 5.95. The first-order valence-electron chi connectivity index (χ1n) is 29.1. The van der Waals surface area contributed by atoms with Gasteiger partial charge < -0.3 is 9.97 Å². The smallest absolute Gasteiger partial charge is 0.0816 e. The normalized spacial score (nSPS) is 11.6. The van der Waals surface area contributed by atoms with Crippen molar-refractivity contribution in [2.75, 3.05) is 0 Å². The summed E-state index contributed by atoms with van der Waals surface area (Å²) in [6.45, 7) is 9.08. The molecule has 2 aliphatic rings. The number of hydrogen-bond donors (Lipinski definition) is 2. The molecular formula is C72H78N4. The number of benzene rings is 4. The van der Waals surface area contributed by atoms with Crippen molar-refractivity contribution < 1.29 is 0 Å². The van der Waals surface area contributed by atoms with Crippen LogP contribution < -0.4 is 0 Å². The Hall–Kier alpha value is -7.40. The number of rotatable bonds is 22. The van der Waals surface area contributed by atoms with Gasteiger partial charge in [-0.25, -0.2) is 9.97 Å². The van der Waals surface area contributed by atoms with Gasteiger partial charge in [-0.05, 0) is 158 Å². The van der Waals surface area contributed by atoms with Crippen LogP contribution in [0.3, 0.4) is 0 Å². The van der Waals surface area contributed by atoms with Crippen LogP contribution in [0.15, 0.2) is 121 Å². The van der Waals surface area contributed by atoms with Crippen molar-refractivity contribution in [1.82, 2.24) is 19.9 Å². The third-order valence-corrected chi connectivity index (χ3v) is 15.1. The van der Waals surface area contributed by atoms with E-state index in [0.717, 1.165) is 115 Å². The molecule has 4 aromatic carbocycles. The van der Waals surface area contributed by atoms with E-state index in [1.807, 2.05) is 0 Å². The second kappa shape index (κ2) is 27.4. The molecule has 3 aromatic heterocycles. The number of H-pyrrole nitrogens is 2. The maximum Gasteiger partial charge on any atom is 0.0816 e. The van der Waals surface area contributed by atoms with E-state index in [2.05, 4.69) is 207 Å². The fraction of sp³-hybridized carbons (Fsp3) is 0.333. The summed E-state index contributed by atoms with van der Waals surface area (Å²) in [6, 6.07) is 44.7. The molecule has 4 heteroatoms. The fourth-order valence-electron chi connectivity index (χ4n) is 10.6. The average Bonchev–Trinajstić information content (AvgIpc) is 4.33. The minimum Gasteiger partial charge on any atom is -0.354 e. The quantitative estimate of drug-likeness (QED) is 0.0525. The monoisotopic (exact) mass is 999 g/mol. The van der Waals surface area contributed by atoms with Gasteiger partial charge in [0.05, 0.1) is 44.9 Å². The molecule has 386 valence electrons. The summed E-state index contributed by atoms with van der Waals surface area (Å²) in [5.41, 5.74) is 20.5. The van der Waals surface area contributed by atoms with Crippen LogP contribution in [0.25, 0.3) is 68.6 Å². The van der Waals surface area contributed by atoms with Crippen molar-refractivity contribution >= 4 is 46.4 Å². The number of aryl methyl sites for hydroxylation is 4. The lowest BCUT2D eigenvalue weighted by molar-refractivity contribution is 0.667. The molecule has 2 N–H and O–H groups in total. The summed E-state index contributed by atoms with van der Waals surface area (Å²) in [5.74, 6) is 14.4. The topological polar surface area (TPSA) is 57.4 Å². The molecule has 9 rings (SSSR count). The van der Waals surface area contributed by atoms with E-state index in [9.17, 15) is 0 Å². The molecule has 0 aliphatic carbocycles. The second-order valence-corrected chi connectivity index (χ2v) is 21.0. The molecule has 0 saturated heterocycles. The van der Waals surface area contributed by atoms with E-state index in [0.29, 0.717) is 0 Å². The Morgan fingerprint density at radius 3 is 0.974 bits per heavy atom. The Labute approximate surface area is 454 Å². The third kappa shape index (κ3) is 14.1. The van der Waals surface area contributed by atoms with Crippen LogP contribution in [0, 0.1) is 23.7 Å². The van der Waals surface area contributed by atoms with Crippen LogP contribution in [-0.2, 0) is 25.7 Å². The van der Waals surface area contributed by atoms with Crippen molar-refractivity contribution in [1.29, 1.82) is 0 Å². The molecule has 7 aromatic rings. The van der Waals surface area contributed by atoms with Crippen molar-refractivity contribution in [3.63, 3.8) is 0 Å². The van der Waals surface area contributed by atoms with Gasteiger partial charge in [-0.3, -0.25) is 0 Å². The van der Waals surface area contributed by atoms with E-state index in [-0.39, 0.29) is 0 Å². The average molecular weight is 999 g/mol. The summed E-state index contributed by atoms with van der Waals surface area (Å²) in [7, 11) is 0. The first kappa shape index (κ1) is 53.4. The largest absolute Gasteiger partial charge is 0.354 e. The Bertz CT molecular complexity index is 3240.